The van der Waals surface area contributed by atoms with Crippen molar-refractivity contribution < 1.29 is 4.52 Å². The molecule has 3 unspecified atom stereocenters. The Morgan fingerprint density at radius 3 is 2.67 bits per heavy atom. The molecule has 1 aromatic rings. The molecule has 1 N–H and O–H groups in total. The maximum Gasteiger partial charge on any atom is 0.138 e. The van der Waals surface area contributed by atoms with Gasteiger partial charge in [-0.3, -0.25) is 0 Å². The van der Waals surface area contributed by atoms with Gasteiger partial charge in [-0.2, -0.15) is 0 Å². The summed E-state index contributed by atoms with van der Waals surface area (Å²) in [4.78, 5) is 0. The standard InChI is InChI=1S/C15H26N2O/c1-5-13-8-6-7-9-14(13)16-10(2)15-11(3)17-18-12(15)4/h10,13-14,16H,5-9H2,1-4H3. The summed E-state index contributed by atoms with van der Waals surface area (Å²) in [6, 6.07) is 1.00. The van der Waals surface area contributed by atoms with Crippen LogP contribution >= 0.6 is 0 Å². The maximum atomic E-state index is 5.27. The molecule has 0 saturated heterocycles. The Hall–Kier alpha value is -0.830. The lowest BCUT2D eigenvalue weighted by Crippen LogP contribution is -2.39. The zero-order valence-corrected chi connectivity index (χ0v) is 12.1. The molecule has 0 aliphatic heterocycles. The van der Waals surface area contributed by atoms with E-state index in [0.717, 1.165) is 17.4 Å². The highest BCUT2D eigenvalue weighted by Gasteiger charge is 2.26. The minimum Gasteiger partial charge on any atom is -0.361 e. The largest absolute Gasteiger partial charge is 0.361 e. The van der Waals surface area contributed by atoms with Gasteiger partial charge in [0.15, 0.2) is 0 Å². The Balaban J connectivity index is 2.04. The molecule has 1 saturated carbocycles. The molecule has 0 bridgehead atoms. The number of hydrogen-bond donors (Lipinski definition) is 1. The predicted molar refractivity (Wildman–Crippen MR) is 73.6 cm³/mol. The Labute approximate surface area is 110 Å². The van der Waals surface area contributed by atoms with Crippen molar-refractivity contribution in [3.05, 3.63) is 17.0 Å². The third-order valence-corrected chi connectivity index (χ3v) is 4.42. The van der Waals surface area contributed by atoms with Crippen molar-refractivity contribution in [2.24, 2.45) is 5.92 Å². The average Bonchev–Trinajstić information content (AvgIpc) is 2.69. The summed E-state index contributed by atoms with van der Waals surface area (Å²) in [6.07, 6.45) is 6.74. The first-order valence-electron chi connectivity index (χ1n) is 7.32. The number of nitrogens with one attached hydrogen (secondary N) is 1. The lowest BCUT2D eigenvalue weighted by atomic mass is 9.82. The number of rotatable bonds is 4. The molecule has 0 radical (unpaired) electrons. The number of nitrogens with zero attached hydrogens (tertiary/aromatic N) is 1. The zero-order valence-electron chi connectivity index (χ0n) is 12.1. The van der Waals surface area contributed by atoms with E-state index < -0.39 is 0 Å². The second-order valence-corrected chi connectivity index (χ2v) is 5.69. The molecule has 3 nitrogen and oxygen atoms in total. The smallest absolute Gasteiger partial charge is 0.138 e. The van der Waals surface area contributed by atoms with Gasteiger partial charge in [0.25, 0.3) is 0 Å². The molecule has 18 heavy (non-hydrogen) atoms. The Kier molecular flexibility index (Phi) is 4.44. The predicted octanol–water partition coefficient (Wildman–Crippen LogP) is 3.91. The summed E-state index contributed by atoms with van der Waals surface area (Å²) in [7, 11) is 0. The van der Waals surface area contributed by atoms with Gasteiger partial charge in [-0.05, 0) is 39.5 Å². The molecule has 0 spiro atoms. The van der Waals surface area contributed by atoms with Crippen molar-refractivity contribution in [1.82, 2.24) is 10.5 Å². The van der Waals surface area contributed by atoms with Crippen LogP contribution in [0.25, 0.3) is 0 Å². The van der Waals surface area contributed by atoms with E-state index in [1.165, 1.54) is 37.7 Å². The summed E-state index contributed by atoms with van der Waals surface area (Å²) in [5.74, 6) is 1.79. The van der Waals surface area contributed by atoms with E-state index in [1.54, 1.807) is 0 Å². The van der Waals surface area contributed by atoms with Crippen molar-refractivity contribution in [3.63, 3.8) is 0 Å². The van der Waals surface area contributed by atoms with Gasteiger partial charge in [-0.1, -0.05) is 31.3 Å². The highest BCUT2D eigenvalue weighted by molar-refractivity contribution is 5.24. The van der Waals surface area contributed by atoms with Crippen molar-refractivity contribution in [1.29, 1.82) is 0 Å². The van der Waals surface area contributed by atoms with Crippen LogP contribution in [0.1, 0.15) is 69.0 Å². The van der Waals surface area contributed by atoms with Crippen molar-refractivity contribution >= 4 is 0 Å². The first-order valence-corrected chi connectivity index (χ1v) is 7.32. The molecule has 3 atom stereocenters. The lowest BCUT2D eigenvalue weighted by molar-refractivity contribution is 0.240. The average molecular weight is 250 g/mol. The van der Waals surface area contributed by atoms with Crippen molar-refractivity contribution in [3.8, 4) is 0 Å². The Bertz CT molecular complexity index is 366. The van der Waals surface area contributed by atoms with Crippen LogP contribution in [0, 0.1) is 19.8 Å². The van der Waals surface area contributed by atoms with E-state index in [-0.39, 0.29) is 0 Å². The summed E-state index contributed by atoms with van der Waals surface area (Å²) in [6.45, 7) is 8.58. The minimum absolute atomic E-state index is 0.341. The van der Waals surface area contributed by atoms with E-state index in [1.807, 2.05) is 13.8 Å². The molecule has 0 aromatic carbocycles. The van der Waals surface area contributed by atoms with E-state index in [2.05, 4.69) is 24.3 Å². The van der Waals surface area contributed by atoms with Gasteiger partial charge in [0.2, 0.25) is 0 Å². The molecular weight excluding hydrogens is 224 g/mol. The highest BCUT2D eigenvalue weighted by Crippen LogP contribution is 2.30. The summed E-state index contributed by atoms with van der Waals surface area (Å²) in [5, 5.41) is 7.86. The quantitative estimate of drug-likeness (QED) is 0.880. The maximum absolute atomic E-state index is 5.27. The van der Waals surface area contributed by atoms with Gasteiger partial charge in [0.05, 0.1) is 5.69 Å². The SMILES string of the molecule is CCC1CCCCC1NC(C)c1c(C)noc1C. The van der Waals surface area contributed by atoms with Gasteiger partial charge in [0, 0.05) is 17.6 Å². The monoisotopic (exact) mass is 250 g/mol. The highest BCUT2D eigenvalue weighted by atomic mass is 16.5. The molecule has 1 aliphatic carbocycles. The molecule has 1 aromatic heterocycles. The van der Waals surface area contributed by atoms with Gasteiger partial charge in [-0.25, -0.2) is 0 Å². The molecule has 1 aliphatic rings. The third-order valence-electron chi connectivity index (χ3n) is 4.42. The third kappa shape index (κ3) is 2.77. The fraction of sp³-hybridized carbons (Fsp3) is 0.800. The number of aryl methyl sites for hydroxylation is 2. The molecule has 102 valence electrons. The first kappa shape index (κ1) is 13.6. The van der Waals surface area contributed by atoms with E-state index >= 15 is 0 Å². The van der Waals surface area contributed by atoms with Crippen molar-refractivity contribution in [2.45, 2.75) is 71.9 Å². The van der Waals surface area contributed by atoms with Gasteiger partial charge >= 0.3 is 0 Å². The molecule has 1 heterocycles. The fourth-order valence-corrected chi connectivity index (χ4v) is 3.43. The second kappa shape index (κ2) is 5.87. The summed E-state index contributed by atoms with van der Waals surface area (Å²) in [5.41, 5.74) is 2.27. The Morgan fingerprint density at radius 1 is 1.33 bits per heavy atom. The molecular formula is C15H26N2O. The van der Waals surface area contributed by atoms with Gasteiger partial charge in [0.1, 0.15) is 5.76 Å². The van der Waals surface area contributed by atoms with Crippen LogP contribution in [0.5, 0.6) is 0 Å². The van der Waals surface area contributed by atoms with Crippen LogP contribution < -0.4 is 5.32 Å². The lowest BCUT2D eigenvalue weighted by Gasteiger charge is -2.34. The van der Waals surface area contributed by atoms with Crippen LogP contribution in [0.3, 0.4) is 0 Å². The normalized spacial score (nSPS) is 26.2. The second-order valence-electron chi connectivity index (χ2n) is 5.69. The summed E-state index contributed by atoms with van der Waals surface area (Å²) < 4.78 is 5.27. The fourth-order valence-electron chi connectivity index (χ4n) is 3.43. The molecule has 0 amide bonds. The zero-order chi connectivity index (χ0) is 13.1. The van der Waals surface area contributed by atoms with Crippen LogP contribution in [0.15, 0.2) is 4.52 Å². The van der Waals surface area contributed by atoms with Crippen LogP contribution in [0.4, 0.5) is 0 Å². The number of hydrogen-bond acceptors (Lipinski definition) is 3. The van der Waals surface area contributed by atoms with E-state index in [4.69, 9.17) is 4.52 Å². The Morgan fingerprint density at radius 2 is 2.06 bits per heavy atom. The molecule has 3 heteroatoms. The minimum atomic E-state index is 0.341. The molecule has 1 fully saturated rings. The number of aromatic nitrogens is 1. The van der Waals surface area contributed by atoms with Crippen LogP contribution in [-0.2, 0) is 0 Å². The van der Waals surface area contributed by atoms with Crippen molar-refractivity contribution in [2.75, 3.05) is 0 Å². The van der Waals surface area contributed by atoms with Crippen LogP contribution in [-0.4, -0.2) is 11.2 Å². The van der Waals surface area contributed by atoms with E-state index in [0.29, 0.717) is 12.1 Å². The van der Waals surface area contributed by atoms with Gasteiger partial charge < -0.3 is 9.84 Å². The van der Waals surface area contributed by atoms with E-state index in [9.17, 15) is 0 Å². The first-order chi connectivity index (χ1) is 8.63. The summed E-state index contributed by atoms with van der Waals surface area (Å²) >= 11 is 0. The molecule has 2 rings (SSSR count). The topological polar surface area (TPSA) is 38.1 Å². The van der Waals surface area contributed by atoms with Gasteiger partial charge in [-0.15, -0.1) is 0 Å². The van der Waals surface area contributed by atoms with Crippen LogP contribution in [0.2, 0.25) is 0 Å².